The van der Waals surface area contributed by atoms with E-state index < -0.39 is 0 Å². The van der Waals surface area contributed by atoms with Crippen LogP contribution in [0.4, 0.5) is 0 Å². The molecule has 3 rings (SSSR count). The van der Waals surface area contributed by atoms with E-state index in [9.17, 15) is 0 Å². The number of hydrogen-bond donors (Lipinski definition) is 0. The molecule has 96 valence electrons. The highest BCUT2D eigenvalue weighted by atomic mass is 35.5. The zero-order valence-corrected chi connectivity index (χ0v) is 11.2. The highest BCUT2D eigenvalue weighted by Gasteiger charge is 2.28. The summed E-state index contributed by atoms with van der Waals surface area (Å²) in [4.78, 5) is 4.70. The van der Waals surface area contributed by atoms with E-state index in [-0.39, 0.29) is 6.10 Å². The smallest absolute Gasteiger partial charge is 0.111 e. The molecule has 2 atom stereocenters. The quantitative estimate of drug-likeness (QED) is 0.797. The molecule has 1 aromatic carbocycles. The molecule has 0 saturated carbocycles. The Morgan fingerprint density at radius 2 is 2.28 bits per heavy atom. The van der Waals surface area contributed by atoms with Crippen molar-refractivity contribution in [2.45, 2.75) is 31.9 Å². The lowest BCUT2D eigenvalue weighted by molar-refractivity contribution is 0.108. The third kappa shape index (κ3) is 1.91. The van der Waals surface area contributed by atoms with E-state index in [0.717, 1.165) is 30.8 Å². The zero-order valence-electron chi connectivity index (χ0n) is 10.5. The Hall–Kier alpha value is -1.06. The van der Waals surface area contributed by atoms with Crippen LogP contribution in [0.1, 0.15) is 25.2 Å². The van der Waals surface area contributed by atoms with Crippen molar-refractivity contribution in [3.63, 3.8) is 0 Å². The van der Waals surface area contributed by atoms with Crippen molar-refractivity contribution >= 4 is 22.6 Å². The molecule has 0 amide bonds. The van der Waals surface area contributed by atoms with Gasteiger partial charge in [0.15, 0.2) is 0 Å². The van der Waals surface area contributed by atoms with Crippen molar-refractivity contribution in [1.82, 2.24) is 9.55 Å². The summed E-state index contributed by atoms with van der Waals surface area (Å²) in [7, 11) is 0. The molecule has 1 aliphatic heterocycles. The van der Waals surface area contributed by atoms with Crippen LogP contribution in [0.3, 0.4) is 0 Å². The summed E-state index contributed by atoms with van der Waals surface area (Å²) in [5.41, 5.74) is 2.25. The number of ether oxygens (including phenoxy) is 1. The van der Waals surface area contributed by atoms with Crippen LogP contribution in [0, 0.1) is 0 Å². The number of rotatable bonds is 3. The van der Waals surface area contributed by atoms with Crippen molar-refractivity contribution in [2.24, 2.45) is 0 Å². The van der Waals surface area contributed by atoms with Gasteiger partial charge in [-0.15, -0.1) is 11.6 Å². The van der Waals surface area contributed by atoms with Gasteiger partial charge in [-0.25, -0.2) is 4.98 Å². The SMILES string of the molecule is CC1OCCC1n1c(CCCl)nc2ccccc21. The summed E-state index contributed by atoms with van der Waals surface area (Å²) in [6.45, 7) is 2.97. The van der Waals surface area contributed by atoms with Crippen LogP contribution in [0.25, 0.3) is 11.0 Å². The van der Waals surface area contributed by atoms with E-state index in [2.05, 4.69) is 29.7 Å². The van der Waals surface area contributed by atoms with Gasteiger partial charge in [0.05, 0.1) is 23.2 Å². The van der Waals surface area contributed by atoms with Gasteiger partial charge >= 0.3 is 0 Å². The van der Waals surface area contributed by atoms with Crippen LogP contribution in [0.2, 0.25) is 0 Å². The van der Waals surface area contributed by atoms with Crippen molar-refractivity contribution in [3.05, 3.63) is 30.1 Å². The van der Waals surface area contributed by atoms with Gasteiger partial charge in [-0.2, -0.15) is 0 Å². The number of para-hydroxylation sites is 2. The number of aromatic nitrogens is 2. The first-order valence-electron chi connectivity index (χ1n) is 6.44. The largest absolute Gasteiger partial charge is 0.376 e. The lowest BCUT2D eigenvalue weighted by atomic mass is 10.1. The average Bonchev–Trinajstić information content (AvgIpc) is 2.93. The lowest BCUT2D eigenvalue weighted by Gasteiger charge is -2.19. The van der Waals surface area contributed by atoms with Crippen molar-refractivity contribution in [2.75, 3.05) is 12.5 Å². The van der Waals surface area contributed by atoms with Crippen LogP contribution < -0.4 is 0 Å². The Morgan fingerprint density at radius 3 is 3.00 bits per heavy atom. The first-order valence-corrected chi connectivity index (χ1v) is 6.98. The molecule has 3 nitrogen and oxygen atoms in total. The number of nitrogens with zero attached hydrogens (tertiary/aromatic N) is 2. The van der Waals surface area contributed by atoms with Gasteiger partial charge in [-0.1, -0.05) is 12.1 Å². The number of imidazole rings is 1. The second-order valence-corrected chi connectivity index (χ2v) is 5.14. The Labute approximate surface area is 112 Å². The first kappa shape index (κ1) is 12.0. The Bertz CT molecular complexity index is 552. The molecule has 2 unspecified atom stereocenters. The molecule has 1 saturated heterocycles. The summed E-state index contributed by atoms with van der Waals surface area (Å²) in [5, 5.41) is 0. The van der Waals surface area contributed by atoms with Gasteiger partial charge in [0.25, 0.3) is 0 Å². The summed E-state index contributed by atoms with van der Waals surface area (Å²) < 4.78 is 8.02. The fourth-order valence-electron chi connectivity index (χ4n) is 2.78. The summed E-state index contributed by atoms with van der Waals surface area (Å²) in [5.74, 6) is 1.68. The monoisotopic (exact) mass is 264 g/mol. The molecular formula is C14H17ClN2O. The zero-order chi connectivity index (χ0) is 12.5. The number of halogens is 1. The molecule has 2 aromatic rings. The summed E-state index contributed by atoms with van der Waals surface area (Å²) >= 11 is 5.89. The second-order valence-electron chi connectivity index (χ2n) is 4.76. The minimum Gasteiger partial charge on any atom is -0.376 e. The molecule has 0 aliphatic carbocycles. The van der Waals surface area contributed by atoms with Crippen LogP contribution >= 0.6 is 11.6 Å². The van der Waals surface area contributed by atoms with Gasteiger partial charge < -0.3 is 9.30 Å². The maximum absolute atomic E-state index is 5.89. The van der Waals surface area contributed by atoms with Crippen LogP contribution in [-0.2, 0) is 11.2 Å². The highest BCUT2D eigenvalue weighted by Crippen LogP contribution is 2.31. The Morgan fingerprint density at radius 1 is 1.44 bits per heavy atom. The lowest BCUT2D eigenvalue weighted by Crippen LogP contribution is -2.19. The van der Waals surface area contributed by atoms with Gasteiger partial charge in [0.1, 0.15) is 5.82 Å². The fraction of sp³-hybridized carbons (Fsp3) is 0.500. The fourth-order valence-corrected chi connectivity index (χ4v) is 2.95. The van der Waals surface area contributed by atoms with Gasteiger partial charge in [0.2, 0.25) is 0 Å². The Kier molecular flexibility index (Phi) is 3.27. The van der Waals surface area contributed by atoms with Gasteiger partial charge in [0, 0.05) is 18.9 Å². The van der Waals surface area contributed by atoms with E-state index in [0.29, 0.717) is 11.9 Å². The van der Waals surface area contributed by atoms with E-state index in [4.69, 9.17) is 21.3 Å². The minimum atomic E-state index is 0.247. The minimum absolute atomic E-state index is 0.247. The third-order valence-corrected chi connectivity index (χ3v) is 3.84. The molecule has 1 aromatic heterocycles. The average molecular weight is 265 g/mol. The molecule has 2 heterocycles. The molecule has 0 spiro atoms. The highest BCUT2D eigenvalue weighted by molar-refractivity contribution is 6.17. The molecule has 18 heavy (non-hydrogen) atoms. The van der Waals surface area contributed by atoms with Crippen LogP contribution in [0.5, 0.6) is 0 Å². The predicted octanol–water partition coefficient (Wildman–Crippen LogP) is 3.17. The molecule has 1 aliphatic rings. The van der Waals surface area contributed by atoms with E-state index in [1.54, 1.807) is 0 Å². The molecule has 0 radical (unpaired) electrons. The number of alkyl halides is 1. The maximum atomic E-state index is 5.89. The normalized spacial score (nSPS) is 23.9. The van der Waals surface area contributed by atoms with Crippen molar-refractivity contribution in [1.29, 1.82) is 0 Å². The molecule has 4 heteroatoms. The predicted molar refractivity (Wildman–Crippen MR) is 73.2 cm³/mol. The Balaban J connectivity index is 2.14. The van der Waals surface area contributed by atoms with Gasteiger partial charge in [-0.05, 0) is 25.5 Å². The second kappa shape index (κ2) is 4.90. The molecule has 0 N–H and O–H groups in total. The van der Waals surface area contributed by atoms with E-state index >= 15 is 0 Å². The first-order chi connectivity index (χ1) is 8.81. The number of benzene rings is 1. The van der Waals surface area contributed by atoms with Crippen molar-refractivity contribution in [3.8, 4) is 0 Å². The standard InChI is InChI=1S/C14H17ClN2O/c1-10-12(7-9-18-10)17-13-5-3-2-4-11(13)16-14(17)6-8-15/h2-5,10,12H,6-9H2,1H3. The van der Waals surface area contributed by atoms with Gasteiger partial charge in [-0.3, -0.25) is 0 Å². The van der Waals surface area contributed by atoms with Crippen LogP contribution in [0.15, 0.2) is 24.3 Å². The summed E-state index contributed by atoms with van der Waals surface area (Å²) in [6.07, 6.45) is 2.10. The van der Waals surface area contributed by atoms with Crippen LogP contribution in [-0.4, -0.2) is 28.1 Å². The summed E-state index contributed by atoms with van der Waals surface area (Å²) in [6, 6.07) is 8.66. The maximum Gasteiger partial charge on any atom is 0.111 e. The molecular weight excluding hydrogens is 248 g/mol. The topological polar surface area (TPSA) is 27.1 Å². The number of aryl methyl sites for hydroxylation is 1. The van der Waals surface area contributed by atoms with E-state index in [1.807, 2.05) is 6.07 Å². The van der Waals surface area contributed by atoms with E-state index in [1.165, 1.54) is 5.52 Å². The molecule has 1 fully saturated rings. The number of fused-ring (bicyclic) bond motifs is 1. The number of hydrogen-bond acceptors (Lipinski definition) is 2. The molecule has 0 bridgehead atoms. The third-order valence-electron chi connectivity index (χ3n) is 3.65. The van der Waals surface area contributed by atoms with Crippen molar-refractivity contribution < 1.29 is 4.74 Å².